The van der Waals surface area contributed by atoms with Crippen molar-refractivity contribution in [1.82, 2.24) is 24.9 Å². The molecular weight excluding hydrogens is 385 g/mol. The van der Waals surface area contributed by atoms with Crippen LogP contribution in [-0.2, 0) is 11.8 Å². The predicted molar refractivity (Wildman–Crippen MR) is 113 cm³/mol. The molecule has 2 aliphatic rings. The second kappa shape index (κ2) is 8.08. The zero-order chi connectivity index (χ0) is 21.4. The zero-order valence-electron chi connectivity index (χ0n) is 17.9. The van der Waals surface area contributed by atoms with Crippen molar-refractivity contribution in [3.05, 3.63) is 30.5 Å². The summed E-state index contributed by atoms with van der Waals surface area (Å²) in [5, 5.41) is 11.9. The Balaban J connectivity index is 0.00000106. The molecule has 1 aliphatic carbocycles. The zero-order valence-corrected chi connectivity index (χ0v) is 17.9. The van der Waals surface area contributed by atoms with Gasteiger partial charge in [0.15, 0.2) is 0 Å². The average Bonchev–Trinajstić information content (AvgIpc) is 3.17. The van der Waals surface area contributed by atoms with Crippen molar-refractivity contribution < 1.29 is 13.9 Å². The monoisotopic (exact) mass is 413 g/mol. The lowest BCUT2D eigenvalue weighted by Crippen LogP contribution is -2.25. The molecule has 2 aromatic heterocycles. The fraction of sp³-hybridized carbons (Fsp3) is 0.500. The Bertz CT molecular complexity index is 1070. The molecule has 1 saturated heterocycles. The highest BCUT2D eigenvalue weighted by atomic mass is 19.1. The van der Waals surface area contributed by atoms with Gasteiger partial charge >= 0.3 is 0 Å². The van der Waals surface area contributed by atoms with Crippen LogP contribution >= 0.6 is 0 Å². The molecule has 8 heteroatoms. The number of hydrogen-bond acceptors (Lipinski definition) is 4. The Kier molecular flexibility index (Phi) is 5.49. The van der Waals surface area contributed by atoms with Gasteiger partial charge in [0, 0.05) is 37.7 Å². The molecule has 160 valence electrons. The van der Waals surface area contributed by atoms with Gasteiger partial charge < -0.3 is 10.1 Å². The van der Waals surface area contributed by atoms with Gasteiger partial charge in [-0.3, -0.25) is 9.48 Å². The molecule has 1 saturated carbocycles. The van der Waals surface area contributed by atoms with Crippen molar-refractivity contribution in [2.24, 2.45) is 13.0 Å². The number of aromatic nitrogens is 4. The lowest BCUT2D eigenvalue weighted by atomic mass is 10.0. The number of rotatable bonds is 5. The minimum absolute atomic E-state index is 0.0272. The Hall–Kier alpha value is -2.90. The van der Waals surface area contributed by atoms with Crippen LogP contribution in [0.5, 0.6) is 5.75 Å². The van der Waals surface area contributed by atoms with E-state index in [4.69, 9.17) is 4.74 Å². The first kappa shape index (κ1) is 20.4. The predicted octanol–water partition coefficient (Wildman–Crippen LogP) is 3.84. The molecule has 30 heavy (non-hydrogen) atoms. The highest BCUT2D eigenvalue weighted by Crippen LogP contribution is 2.38. The minimum atomic E-state index is -0.432. The van der Waals surface area contributed by atoms with Crippen molar-refractivity contribution in [3.63, 3.8) is 0 Å². The fourth-order valence-electron chi connectivity index (χ4n) is 3.80. The Morgan fingerprint density at radius 2 is 2.03 bits per heavy atom. The third kappa shape index (κ3) is 3.78. The third-order valence-electron chi connectivity index (χ3n) is 5.67. The number of ether oxygens (including phenoxy) is 1. The molecule has 5 rings (SSSR count). The van der Waals surface area contributed by atoms with E-state index in [-0.39, 0.29) is 17.9 Å². The normalized spacial score (nSPS) is 19.4. The summed E-state index contributed by atoms with van der Waals surface area (Å²) in [5.74, 6) is 0.102. The van der Waals surface area contributed by atoms with Gasteiger partial charge in [-0.1, -0.05) is 13.8 Å². The molecule has 3 heterocycles. The summed E-state index contributed by atoms with van der Waals surface area (Å²) in [6.45, 7) is 6.50. The first-order chi connectivity index (χ1) is 14.5. The maximum atomic E-state index is 14.7. The number of carbonyl (C=O) groups is 1. The van der Waals surface area contributed by atoms with Gasteiger partial charge in [0.25, 0.3) is 0 Å². The molecule has 1 aliphatic heterocycles. The maximum Gasteiger partial charge on any atom is 0.222 e. The van der Waals surface area contributed by atoms with Crippen LogP contribution in [0.4, 0.5) is 4.39 Å². The number of halogens is 1. The van der Waals surface area contributed by atoms with E-state index in [0.717, 1.165) is 24.0 Å². The quantitative estimate of drug-likeness (QED) is 0.690. The van der Waals surface area contributed by atoms with Crippen LogP contribution in [0.15, 0.2) is 24.5 Å². The van der Waals surface area contributed by atoms with Crippen molar-refractivity contribution in [3.8, 4) is 16.9 Å². The van der Waals surface area contributed by atoms with Crippen LogP contribution in [-0.4, -0.2) is 38.1 Å². The van der Waals surface area contributed by atoms with E-state index in [9.17, 15) is 9.18 Å². The smallest absolute Gasteiger partial charge is 0.222 e. The molecule has 3 aromatic rings. The lowest BCUT2D eigenvalue weighted by Gasteiger charge is -2.20. The van der Waals surface area contributed by atoms with E-state index in [1.165, 1.54) is 4.68 Å². The SMILES string of the molecule is CC.C[C@@H](Oc1cc(-c2cnn(C3CC3)c2)cc2nn(C)c(F)c12)[C@H]1CNC(=O)C1. The van der Waals surface area contributed by atoms with Crippen LogP contribution in [0.25, 0.3) is 22.0 Å². The number of nitrogens with zero attached hydrogens (tertiary/aromatic N) is 4. The molecule has 7 nitrogen and oxygen atoms in total. The Labute approximate surface area is 175 Å². The molecule has 1 N–H and O–H groups in total. The van der Waals surface area contributed by atoms with E-state index >= 15 is 0 Å². The van der Waals surface area contributed by atoms with Crippen molar-refractivity contribution in [2.75, 3.05) is 6.54 Å². The molecule has 2 atom stereocenters. The Morgan fingerprint density at radius 3 is 2.70 bits per heavy atom. The summed E-state index contributed by atoms with van der Waals surface area (Å²) >= 11 is 0. The number of carbonyl (C=O) groups excluding carboxylic acids is 1. The van der Waals surface area contributed by atoms with E-state index in [2.05, 4.69) is 15.5 Å². The summed E-state index contributed by atoms with van der Waals surface area (Å²) in [4.78, 5) is 11.5. The number of hydrogen-bond donors (Lipinski definition) is 1. The number of aryl methyl sites for hydroxylation is 1. The van der Waals surface area contributed by atoms with Crippen LogP contribution < -0.4 is 10.1 Å². The first-order valence-electron chi connectivity index (χ1n) is 10.6. The summed E-state index contributed by atoms with van der Waals surface area (Å²) in [6, 6.07) is 4.21. The van der Waals surface area contributed by atoms with Crippen LogP contribution in [0.3, 0.4) is 0 Å². The van der Waals surface area contributed by atoms with Crippen LogP contribution in [0.1, 0.15) is 46.1 Å². The van der Waals surface area contributed by atoms with E-state index < -0.39 is 5.95 Å². The van der Waals surface area contributed by atoms with Gasteiger partial charge in [-0.05, 0) is 37.5 Å². The average molecular weight is 413 g/mol. The second-order valence-electron chi connectivity index (χ2n) is 7.81. The minimum Gasteiger partial charge on any atom is -0.489 e. The summed E-state index contributed by atoms with van der Waals surface area (Å²) in [7, 11) is 1.58. The molecule has 0 radical (unpaired) electrons. The third-order valence-corrected chi connectivity index (χ3v) is 5.67. The highest BCUT2D eigenvalue weighted by molar-refractivity contribution is 5.90. The number of fused-ring (bicyclic) bond motifs is 1. The van der Waals surface area contributed by atoms with Crippen LogP contribution in [0, 0.1) is 11.9 Å². The van der Waals surface area contributed by atoms with E-state index in [1.807, 2.05) is 50.0 Å². The number of nitrogens with one attached hydrogen (secondary N) is 1. The summed E-state index contributed by atoms with van der Waals surface area (Å²) in [5.41, 5.74) is 2.38. The van der Waals surface area contributed by atoms with Gasteiger partial charge in [-0.25, -0.2) is 4.68 Å². The maximum absolute atomic E-state index is 14.7. The highest BCUT2D eigenvalue weighted by Gasteiger charge is 2.29. The number of benzene rings is 1. The fourth-order valence-corrected chi connectivity index (χ4v) is 3.80. The molecule has 0 unspecified atom stereocenters. The number of amides is 1. The molecule has 1 amide bonds. The van der Waals surface area contributed by atoms with E-state index in [1.54, 1.807) is 7.05 Å². The topological polar surface area (TPSA) is 74.0 Å². The largest absolute Gasteiger partial charge is 0.489 e. The molecular formula is C22H28FN5O2. The van der Waals surface area contributed by atoms with Gasteiger partial charge in [-0.2, -0.15) is 14.6 Å². The second-order valence-corrected chi connectivity index (χ2v) is 7.81. The summed E-state index contributed by atoms with van der Waals surface area (Å²) in [6.07, 6.45) is 6.35. The standard InChI is InChI=1S/C20H22FN5O2.C2H6/c1-11(13-7-18(27)22-8-13)28-17-6-12(5-16-19(17)20(21)25(2)24-16)14-9-23-26(10-14)15-3-4-15;1-2/h5-6,9-11,13,15H,3-4,7-8H2,1-2H3,(H,22,27);1-2H3/t11-,13-;/m1./s1. The van der Waals surface area contributed by atoms with Gasteiger partial charge in [-0.15, -0.1) is 0 Å². The molecule has 0 bridgehead atoms. The Morgan fingerprint density at radius 1 is 1.27 bits per heavy atom. The van der Waals surface area contributed by atoms with Gasteiger partial charge in [0.1, 0.15) is 11.9 Å². The van der Waals surface area contributed by atoms with Crippen molar-refractivity contribution in [2.45, 2.75) is 52.2 Å². The van der Waals surface area contributed by atoms with Gasteiger partial charge in [0.2, 0.25) is 11.9 Å². The molecule has 0 spiro atoms. The van der Waals surface area contributed by atoms with Crippen LogP contribution in [0.2, 0.25) is 0 Å². The van der Waals surface area contributed by atoms with Crippen molar-refractivity contribution >= 4 is 16.8 Å². The van der Waals surface area contributed by atoms with Gasteiger partial charge in [0.05, 0.1) is 23.1 Å². The molecule has 1 aromatic carbocycles. The van der Waals surface area contributed by atoms with E-state index in [0.29, 0.717) is 35.7 Å². The lowest BCUT2D eigenvalue weighted by molar-refractivity contribution is -0.119. The summed E-state index contributed by atoms with van der Waals surface area (Å²) < 4.78 is 24.1. The molecule has 2 fully saturated rings. The van der Waals surface area contributed by atoms with Crippen molar-refractivity contribution in [1.29, 1.82) is 0 Å². The first-order valence-corrected chi connectivity index (χ1v) is 10.6.